The highest BCUT2D eigenvalue weighted by Gasteiger charge is 2.07. The molecule has 17 heavy (non-hydrogen) atoms. The van der Waals surface area contributed by atoms with Gasteiger partial charge < -0.3 is 5.32 Å². The maximum atomic E-state index is 4.58. The van der Waals surface area contributed by atoms with Crippen LogP contribution in [0.1, 0.15) is 19.8 Å². The molecule has 0 amide bonds. The van der Waals surface area contributed by atoms with E-state index >= 15 is 0 Å². The zero-order valence-electron chi connectivity index (χ0n) is 9.69. The minimum Gasteiger partial charge on any atom is -0.349 e. The van der Waals surface area contributed by atoms with Crippen LogP contribution in [0.2, 0.25) is 0 Å². The Morgan fingerprint density at radius 3 is 2.82 bits per heavy atom. The first kappa shape index (κ1) is 12.6. The zero-order chi connectivity index (χ0) is 12.1. The fourth-order valence-electron chi connectivity index (χ4n) is 1.54. The Labute approximate surface area is 114 Å². The van der Waals surface area contributed by atoms with E-state index in [9.17, 15) is 0 Å². The van der Waals surface area contributed by atoms with E-state index in [1.807, 2.05) is 18.2 Å². The average Bonchev–Trinajstić information content (AvgIpc) is 2.79. The van der Waals surface area contributed by atoms with Gasteiger partial charge in [0.25, 0.3) is 0 Å². The molecule has 4 heteroatoms. The number of benzene rings is 1. The lowest BCUT2D eigenvalue weighted by Crippen LogP contribution is -2.10. The average molecular weight is 311 g/mol. The van der Waals surface area contributed by atoms with Crippen molar-refractivity contribution in [2.75, 3.05) is 5.32 Å². The largest absolute Gasteiger partial charge is 0.349 e. The van der Waals surface area contributed by atoms with E-state index in [2.05, 4.69) is 50.7 Å². The Balaban J connectivity index is 2.06. The first-order valence-corrected chi connectivity index (χ1v) is 7.50. The predicted octanol–water partition coefficient (Wildman–Crippen LogP) is 4.74. The molecular weight excluding hydrogens is 296 g/mol. The molecule has 0 fully saturated rings. The molecule has 0 radical (unpaired) electrons. The van der Waals surface area contributed by atoms with Gasteiger partial charge in [-0.05, 0) is 6.42 Å². The number of thiazole rings is 1. The molecular formula is C13H15BrN2S. The van der Waals surface area contributed by atoms with E-state index in [0.717, 1.165) is 23.7 Å². The van der Waals surface area contributed by atoms with Gasteiger partial charge in [0, 0.05) is 10.9 Å². The number of halogens is 1. The fourth-order valence-corrected chi connectivity index (χ4v) is 3.14. The van der Waals surface area contributed by atoms with Crippen molar-refractivity contribution in [2.45, 2.75) is 24.7 Å². The van der Waals surface area contributed by atoms with E-state index in [4.69, 9.17) is 0 Å². The van der Waals surface area contributed by atoms with Crippen molar-refractivity contribution in [3.8, 4) is 11.3 Å². The zero-order valence-corrected chi connectivity index (χ0v) is 12.1. The summed E-state index contributed by atoms with van der Waals surface area (Å²) in [6.45, 7) is 2.17. The summed E-state index contributed by atoms with van der Waals surface area (Å²) in [6.07, 6.45) is 2.25. The van der Waals surface area contributed by atoms with Gasteiger partial charge in [-0.3, -0.25) is 0 Å². The lowest BCUT2D eigenvalue weighted by Gasteiger charge is -2.08. The van der Waals surface area contributed by atoms with Crippen LogP contribution in [0.15, 0.2) is 35.7 Å². The van der Waals surface area contributed by atoms with Gasteiger partial charge in [0.15, 0.2) is 5.13 Å². The normalized spacial score (nSPS) is 12.4. The first-order chi connectivity index (χ1) is 8.29. The van der Waals surface area contributed by atoms with E-state index in [1.165, 1.54) is 5.56 Å². The Hall–Kier alpha value is -0.870. The van der Waals surface area contributed by atoms with Crippen LogP contribution in [0.4, 0.5) is 5.13 Å². The van der Waals surface area contributed by atoms with Crippen LogP contribution in [-0.2, 0) is 0 Å². The lowest BCUT2D eigenvalue weighted by atomic mass is 10.2. The molecule has 1 atom stereocenters. The van der Waals surface area contributed by atoms with Crippen LogP contribution in [0.3, 0.4) is 0 Å². The lowest BCUT2D eigenvalue weighted by molar-refractivity contribution is 0.804. The molecule has 0 saturated heterocycles. The standard InChI is InChI=1S/C13H15BrN2S/c1-2-6-12(14)16-13-15-11(9-17-13)10-7-4-3-5-8-10/h3-5,7-9,12H,2,6H2,1H3,(H,15,16). The van der Waals surface area contributed by atoms with Crippen molar-refractivity contribution in [1.82, 2.24) is 4.98 Å². The van der Waals surface area contributed by atoms with Crippen LogP contribution >= 0.6 is 27.3 Å². The molecule has 1 aromatic heterocycles. The first-order valence-electron chi connectivity index (χ1n) is 5.71. The maximum absolute atomic E-state index is 4.58. The van der Waals surface area contributed by atoms with E-state index < -0.39 is 0 Å². The maximum Gasteiger partial charge on any atom is 0.184 e. The van der Waals surface area contributed by atoms with Gasteiger partial charge in [0.1, 0.15) is 0 Å². The molecule has 1 aromatic carbocycles. The number of aromatic nitrogens is 1. The van der Waals surface area contributed by atoms with E-state index in [0.29, 0.717) is 4.95 Å². The molecule has 0 aliphatic carbocycles. The van der Waals surface area contributed by atoms with Gasteiger partial charge in [0.05, 0.1) is 10.6 Å². The summed E-state index contributed by atoms with van der Waals surface area (Å²) in [6, 6.07) is 10.2. The molecule has 0 spiro atoms. The number of anilines is 1. The summed E-state index contributed by atoms with van der Waals surface area (Å²) in [5, 5.41) is 6.42. The third-order valence-electron chi connectivity index (χ3n) is 2.40. The van der Waals surface area contributed by atoms with Crippen molar-refractivity contribution in [3.05, 3.63) is 35.7 Å². The third kappa shape index (κ3) is 3.54. The van der Waals surface area contributed by atoms with Crippen LogP contribution in [0.5, 0.6) is 0 Å². The van der Waals surface area contributed by atoms with Crippen LogP contribution in [0, 0.1) is 0 Å². The number of hydrogen-bond acceptors (Lipinski definition) is 3. The van der Waals surface area contributed by atoms with Gasteiger partial charge in [-0.1, -0.05) is 59.6 Å². The van der Waals surface area contributed by atoms with Crippen LogP contribution < -0.4 is 5.32 Å². The molecule has 0 aliphatic rings. The molecule has 1 unspecified atom stereocenters. The van der Waals surface area contributed by atoms with Gasteiger partial charge in [0.2, 0.25) is 0 Å². The molecule has 0 bridgehead atoms. The predicted molar refractivity (Wildman–Crippen MR) is 78.8 cm³/mol. The number of alkyl halides is 1. The van der Waals surface area contributed by atoms with E-state index in [1.54, 1.807) is 11.3 Å². The van der Waals surface area contributed by atoms with E-state index in [-0.39, 0.29) is 0 Å². The smallest absolute Gasteiger partial charge is 0.184 e. The topological polar surface area (TPSA) is 24.9 Å². The van der Waals surface area contributed by atoms with Crippen molar-refractivity contribution in [1.29, 1.82) is 0 Å². The highest BCUT2D eigenvalue weighted by atomic mass is 79.9. The van der Waals surface area contributed by atoms with Crippen molar-refractivity contribution in [2.24, 2.45) is 0 Å². The highest BCUT2D eigenvalue weighted by Crippen LogP contribution is 2.26. The van der Waals surface area contributed by atoms with Crippen molar-refractivity contribution in [3.63, 3.8) is 0 Å². The molecule has 2 aromatic rings. The molecule has 0 aliphatic heterocycles. The molecule has 1 heterocycles. The van der Waals surface area contributed by atoms with Crippen molar-refractivity contribution < 1.29 is 0 Å². The van der Waals surface area contributed by atoms with Crippen molar-refractivity contribution >= 4 is 32.4 Å². The highest BCUT2D eigenvalue weighted by molar-refractivity contribution is 9.09. The second kappa shape index (κ2) is 6.17. The number of hydrogen-bond donors (Lipinski definition) is 1. The summed E-state index contributed by atoms with van der Waals surface area (Å²) < 4.78 is 0. The summed E-state index contributed by atoms with van der Waals surface area (Å²) in [5.41, 5.74) is 2.20. The summed E-state index contributed by atoms with van der Waals surface area (Å²) in [4.78, 5) is 4.89. The fraction of sp³-hybridized carbons (Fsp3) is 0.308. The SMILES string of the molecule is CCCC(Br)Nc1nc(-c2ccccc2)cs1. The minimum absolute atomic E-state index is 0.308. The molecule has 2 rings (SSSR count). The Bertz CT molecular complexity index is 455. The van der Waals surface area contributed by atoms with Gasteiger partial charge in [-0.15, -0.1) is 11.3 Å². The molecule has 1 N–H and O–H groups in total. The monoisotopic (exact) mass is 310 g/mol. The Kier molecular flexibility index (Phi) is 4.57. The summed E-state index contributed by atoms with van der Waals surface area (Å²) in [7, 11) is 0. The molecule has 0 saturated carbocycles. The Morgan fingerprint density at radius 2 is 2.12 bits per heavy atom. The quantitative estimate of drug-likeness (QED) is 0.637. The van der Waals surface area contributed by atoms with Crippen LogP contribution in [-0.4, -0.2) is 9.94 Å². The number of rotatable bonds is 5. The molecule has 90 valence electrons. The second-order valence-electron chi connectivity index (χ2n) is 3.80. The van der Waals surface area contributed by atoms with Crippen LogP contribution in [0.25, 0.3) is 11.3 Å². The van der Waals surface area contributed by atoms with Gasteiger partial charge in [-0.2, -0.15) is 0 Å². The summed E-state index contributed by atoms with van der Waals surface area (Å²) in [5.74, 6) is 0. The summed E-state index contributed by atoms with van der Waals surface area (Å²) >= 11 is 5.24. The third-order valence-corrected chi connectivity index (χ3v) is 3.86. The number of nitrogens with one attached hydrogen (secondary N) is 1. The number of nitrogens with zero attached hydrogens (tertiary/aromatic N) is 1. The molecule has 2 nitrogen and oxygen atoms in total. The Morgan fingerprint density at radius 1 is 1.35 bits per heavy atom. The minimum atomic E-state index is 0.308. The second-order valence-corrected chi connectivity index (χ2v) is 5.77. The van der Waals surface area contributed by atoms with Gasteiger partial charge >= 0.3 is 0 Å². The van der Waals surface area contributed by atoms with Gasteiger partial charge in [-0.25, -0.2) is 4.98 Å².